The number of hydrogen-bond donors (Lipinski definition) is 0. The fraction of sp³-hybridized carbons (Fsp3) is 1.00. The van der Waals surface area contributed by atoms with E-state index in [9.17, 15) is 4.39 Å². The minimum absolute atomic E-state index is 0.219. The molecule has 2 aliphatic rings. The molecule has 0 radical (unpaired) electrons. The van der Waals surface area contributed by atoms with Crippen molar-refractivity contribution in [2.75, 3.05) is 26.2 Å². The summed E-state index contributed by atoms with van der Waals surface area (Å²) in [5.41, 5.74) is -0.724. The lowest BCUT2D eigenvalue weighted by molar-refractivity contribution is -0.0377. The molecule has 2 rings (SSSR count). The van der Waals surface area contributed by atoms with E-state index in [1.807, 2.05) is 0 Å². The Morgan fingerprint density at radius 1 is 1.19 bits per heavy atom. The third-order valence-corrected chi connectivity index (χ3v) is 4.13. The van der Waals surface area contributed by atoms with E-state index in [1.165, 1.54) is 0 Å². The summed E-state index contributed by atoms with van der Waals surface area (Å²) in [6.45, 7) is 12.7. The number of nitrogens with zero attached hydrogens (tertiary/aromatic N) is 2. The topological polar surface area (TPSA) is 6.48 Å². The van der Waals surface area contributed by atoms with Gasteiger partial charge in [0.05, 0.1) is 0 Å². The van der Waals surface area contributed by atoms with E-state index in [1.54, 1.807) is 6.92 Å². The first-order valence-corrected chi connectivity index (χ1v) is 6.46. The smallest absolute Gasteiger partial charge is 0.111 e. The van der Waals surface area contributed by atoms with E-state index in [-0.39, 0.29) is 5.54 Å². The molecule has 2 aliphatic heterocycles. The number of rotatable bonds is 0. The highest BCUT2D eigenvalue weighted by Crippen LogP contribution is 2.33. The Labute approximate surface area is 98.8 Å². The molecule has 0 aromatic carbocycles. The van der Waals surface area contributed by atoms with Crippen LogP contribution in [-0.4, -0.2) is 53.2 Å². The van der Waals surface area contributed by atoms with Gasteiger partial charge in [-0.15, -0.1) is 0 Å². The van der Waals surface area contributed by atoms with Crippen LogP contribution in [0.1, 0.15) is 40.5 Å². The number of halogens is 1. The molecular formula is C13H25FN2. The fourth-order valence-corrected chi connectivity index (χ4v) is 2.96. The van der Waals surface area contributed by atoms with Gasteiger partial charge in [-0.1, -0.05) is 0 Å². The van der Waals surface area contributed by atoms with Gasteiger partial charge >= 0.3 is 0 Å². The quantitative estimate of drug-likeness (QED) is 0.627. The molecule has 0 aliphatic carbocycles. The van der Waals surface area contributed by atoms with Gasteiger partial charge in [0.15, 0.2) is 0 Å². The van der Waals surface area contributed by atoms with Crippen molar-refractivity contribution in [3.63, 3.8) is 0 Å². The number of fused-ring (bicyclic) bond motifs is 1. The van der Waals surface area contributed by atoms with E-state index in [4.69, 9.17) is 0 Å². The zero-order chi connectivity index (χ0) is 12.0. The SMILES string of the molecule is CC1(F)CCN2CCN(C(C)(C)C)CC2C1. The van der Waals surface area contributed by atoms with Gasteiger partial charge in [0, 0.05) is 37.8 Å². The molecule has 2 unspecified atom stereocenters. The molecule has 0 aromatic heterocycles. The van der Waals surface area contributed by atoms with Crippen LogP contribution in [-0.2, 0) is 0 Å². The van der Waals surface area contributed by atoms with Crippen LogP contribution in [0.25, 0.3) is 0 Å². The van der Waals surface area contributed by atoms with E-state index in [0.29, 0.717) is 18.9 Å². The molecule has 0 amide bonds. The maximum absolute atomic E-state index is 14.0. The number of hydrogen-bond acceptors (Lipinski definition) is 2. The minimum Gasteiger partial charge on any atom is -0.298 e. The second-order valence-electron chi connectivity index (χ2n) is 6.67. The zero-order valence-corrected chi connectivity index (χ0v) is 11.1. The Morgan fingerprint density at radius 3 is 2.50 bits per heavy atom. The summed E-state index contributed by atoms with van der Waals surface area (Å²) >= 11 is 0. The van der Waals surface area contributed by atoms with Crippen molar-refractivity contribution in [3.05, 3.63) is 0 Å². The fourth-order valence-electron chi connectivity index (χ4n) is 2.96. The number of alkyl halides is 1. The summed E-state index contributed by atoms with van der Waals surface area (Å²) in [5, 5.41) is 0. The number of piperazine rings is 1. The third kappa shape index (κ3) is 2.57. The largest absolute Gasteiger partial charge is 0.298 e. The molecule has 0 aromatic rings. The predicted molar refractivity (Wildman–Crippen MR) is 65.4 cm³/mol. The van der Waals surface area contributed by atoms with Gasteiger partial charge in [-0.2, -0.15) is 0 Å². The summed E-state index contributed by atoms with van der Waals surface area (Å²) in [4.78, 5) is 4.97. The highest BCUT2D eigenvalue weighted by molar-refractivity contribution is 4.95. The summed E-state index contributed by atoms with van der Waals surface area (Å²) < 4.78 is 14.0. The molecule has 0 N–H and O–H groups in total. The van der Waals surface area contributed by atoms with Crippen LogP contribution >= 0.6 is 0 Å². The normalized spacial score (nSPS) is 38.4. The molecule has 16 heavy (non-hydrogen) atoms. The van der Waals surface area contributed by atoms with E-state index < -0.39 is 5.67 Å². The van der Waals surface area contributed by atoms with Gasteiger partial charge in [0.2, 0.25) is 0 Å². The Balaban J connectivity index is 2.01. The van der Waals surface area contributed by atoms with E-state index >= 15 is 0 Å². The Kier molecular flexibility index (Phi) is 3.04. The zero-order valence-electron chi connectivity index (χ0n) is 11.1. The Morgan fingerprint density at radius 2 is 1.88 bits per heavy atom. The van der Waals surface area contributed by atoms with Crippen molar-refractivity contribution in [2.24, 2.45) is 0 Å². The van der Waals surface area contributed by atoms with Gasteiger partial charge in [-0.3, -0.25) is 9.80 Å². The van der Waals surface area contributed by atoms with Crippen LogP contribution in [0, 0.1) is 0 Å². The van der Waals surface area contributed by atoms with Crippen molar-refractivity contribution in [1.29, 1.82) is 0 Å². The molecule has 2 nitrogen and oxygen atoms in total. The number of piperidine rings is 1. The summed E-state index contributed by atoms with van der Waals surface area (Å²) in [6, 6.07) is 0.428. The lowest BCUT2D eigenvalue weighted by atomic mass is 9.87. The lowest BCUT2D eigenvalue weighted by Gasteiger charge is -2.50. The van der Waals surface area contributed by atoms with E-state index in [0.717, 1.165) is 26.2 Å². The van der Waals surface area contributed by atoms with Crippen LogP contribution < -0.4 is 0 Å². The molecule has 0 bridgehead atoms. The maximum Gasteiger partial charge on any atom is 0.111 e. The predicted octanol–water partition coefficient (Wildman–Crippen LogP) is 2.29. The van der Waals surface area contributed by atoms with Crippen LogP contribution in [0.4, 0.5) is 4.39 Å². The first-order chi connectivity index (χ1) is 7.28. The first kappa shape index (κ1) is 12.3. The molecule has 2 atom stereocenters. The average molecular weight is 228 g/mol. The molecule has 94 valence electrons. The molecule has 0 spiro atoms. The van der Waals surface area contributed by atoms with Crippen LogP contribution in [0.3, 0.4) is 0 Å². The van der Waals surface area contributed by atoms with Crippen molar-refractivity contribution in [1.82, 2.24) is 9.80 Å². The third-order valence-electron chi connectivity index (χ3n) is 4.13. The van der Waals surface area contributed by atoms with Crippen molar-refractivity contribution < 1.29 is 4.39 Å². The Hall–Kier alpha value is -0.150. The van der Waals surface area contributed by atoms with Crippen molar-refractivity contribution >= 4 is 0 Å². The molecule has 3 heteroatoms. The van der Waals surface area contributed by atoms with Gasteiger partial charge < -0.3 is 0 Å². The highest BCUT2D eigenvalue weighted by atomic mass is 19.1. The Bertz CT molecular complexity index is 254. The summed E-state index contributed by atoms with van der Waals surface area (Å²) in [7, 11) is 0. The maximum atomic E-state index is 14.0. The monoisotopic (exact) mass is 228 g/mol. The highest BCUT2D eigenvalue weighted by Gasteiger charge is 2.40. The molecular weight excluding hydrogens is 203 g/mol. The minimum atomic E-state index is -0.942. The standard InChI is InChI=1S/C13H25FN2/c1-12(2,3)16-8-7-15-6-5-13(4,14)9-11(15)10-16/h11H,5-10H2,1-4H3. The molecule has 0 saturated carbocycles. The van der Waals surface area contributed by atoms with Crippen LogP contribution in [0.2, 0.25) is 0 Å². The van der Waals surface area contributed by atoms with Crippen LogP contribution in [0.15, 0.2) is 0 Å². The average Bonchev–Trinajstić information content (AvgIpc) is 2.13. The lowest BCUT2D eigenvalue weighted by Crippen LogP contribution is -2.61. The summed E-state index contributed by atoms with van der Waals surface area (Å²) in [5.74, 6) is 0. The first-order valence-electron chi connectivity index (χ1n) is 6.46. The van der Waals surface area contributed by atoms with Gasteiger partial charge in [-0.25, -0.2) is 4.39 Å². The second kappa shape index (κ2) is 3.95. The summed E-state index contributed by atoms with van der Waals surface area (Å²) in [6.07, 6.45) is 1.42. The van der Waals surface area contributed by atoms with Crippen molar-refractivity contribution in [2.45, 2.75) is 57.8 Å². The van der Waals surface area contributed by atoms with Gasteiger partial charge in [-0.05, 0) is 40.5 Å². The van der Waals surface area contributed by atoms with Gasteiger partial charge in [0.25, 0.3) is 0 Å². The molecule has 2 saturated heterocycles. The van der Waals surface area contributed by atoms with E-state index in [2.05, 4.69) is 30.6 Å². The van der Waals surface area contributed by atoms with Crippen molar-refractivity contribution in [3.8, 4) is 0 Å². The molecule has 2 heterocycles. The van der Waals surface area contributed by atoms with Gasteiger partial charge in [0.1, 0.15) is 5.67 Å². The molecule has 2 fully saturated rings. The second-order valence-corrected chi connectivity index (χ2v) is 6.67. The van der Waals surface area contributed by atoms with Crippen LogP contribution in [0.5, 0.6) is 0 Å².